The Bertz CT molecular complexity index is 878. The average molecular weight is 351 g/mol. The molecule has 9 heteroatoms. The van der Waals surface area contributed by atoms with Crippen LogP contribution >= 0.6 is 0 Å². The van der Waals surface area contributed by atoms with Crippen LogP contribution in [0.25, 0.3) is 5.65 Å². The summed E-state index contributed by atoms with van der Waals surface area (Å²) >= 11 is 0. The Morgan fingerprint density at radius 1 is 1.20 bits per heavy atom. The summed E-state index contributed by atoms with van der Waals surface area (Å²) in [7, 11) is 0. The van der Waals surface area contributed by atoms with Gasteiger partial charge in [-0.25, -0.2) is 0 Å². The van der Waals surface area contributed by atoms with Gasteiger partial charge in [-0.15, -0.1) is 15.3 Å². The highest BCUT2D eigenvalue weighted by molar-refractivity contribution is 5.44. The molecule has 1 atom stereocenters. The van der Waals surface area contributed by atoms with Gasteiger partial charge in [-0.2, -0.15) is 17.7 Å². The largest absolute Gasteiger partial charge is 0.491 e. The van der Waals surface area contributed by atoms with E-state index in [1.54, 1.807) is 6.07 Å². The molecule has 6 nitrogen and oxygen atoms in total. The third-order valence-corrected chi connectivity index (χ3v) is 3.40. The fourth-order valence-electron chi connectivity index (χ4n) is 2.26. The highest BCUT2D eigenvalue weighted by Crippen LogP contribution is 2.27. The molecular weight excluding hydrogens is 335 g/mol. The van der Waals surface area contributed by atoms with Gasteiger partial charge < -0.3 is 10.1 Å². The Morgan fingerprint density at radius 3 is 2.72 bits per heavy atom. The zero-order valence-electron chi connectivity index (χ0n) is 13.6. The van der Waals surface area contributed by atoms with Crippen molar-refractivity contribution in [1.29, 1.82) is 0 Å². The van der Waals surface area contributed by atoms with Gasteiger partial charge >= 0.3 is 6.18 Å². The normalized spacial score (nSPS) is 13.0. The van der Waals surface area contributed by atoms with Crippen molar-refractivity contribution in [3.8, 4) is 5.75 Å². The predicted octanol–water partition coefficient (Wildman–Crippen LogP) is 3.33. The van der Waals surface area contributed by atoms with E-state index in [1.807, 2.05) is 38.1 Å². The molecule has 1 aromatic carbocycles. The van der Waals surface area contributed by atoms with Gasteiger partial charge in [0, 0.05) is 0 Å². The molecule has 3 rings (SSSR count). The molecule has 1 unspecified atom stereocenters. The van der Waals surface area contributed by atoms with Gasteiger partial charge in [-0.1, -0.05) is 12.1 Å². The first-order chi connectivity index (χ1) is 11.8. The van der Waals surface area contributed by atoms with Crippen LogP contribution in [0.2, 0.25) is 0 Å². The van der Waals surface area contributed by atoms with Crippen molar-refractivity contribution in [2.45, 2.75) is 26.1 Å². The SMILES string of the molecule is Cc1cccc(OCC(C)Nc2ccc3nnc(C(F)(F)F)n3n2)c1. The van der Waals surface area contributed by atoms with Gasteiger partial charge in [0.05, 0.1) is 6.04 Å². The van der Waals surface area contributed by atoms with E-state index in [2.05, 4.69) is 20.6 Å². The van der Waals surface area contributed by atoms with E-state index in [0.29, 0.717) is 11.1 Å². The van der Waals surface area contributed by atoms with Crippen LogP contribution in [0.4, 0.5) is 19.0 Å². The van der Waals surface area contributed by atoms with Gasteiger partial charge in [0.25, 0.3) is 5.82 Å². The number of alkyl halides is 3. The van der Waals surface area contributed by atoms with Crippen LogP contribution in [0.1, 0.15) is 18.3 Å². The third-order valence-electron chi connectivity index (χ3n) is 3.40. The molecule has 0 amide bonds. The molecule has 132 valence electrons. The Labute approximate surface area is 141 Å². The van der Waals surface area contributed by atoms with Crippen molar-refractivity contribution in [3.05, 3.63) is 47.8 Å². The number of ether oxygens (including phenoxy) is 1. The fourth-order valence-corrected chi connectivity index (χ4v) is 2.26. The van der Waals surface area contributed by atoms with Crippen molar-refractivity contribution in [3.63, 3.8) is 0 Å². The molecule has 1 N–H and O–H groups in total. The number of hydrogen-bond acceptors (Lipinski definition) is 5. The van der Waals surface area contributed by atoms with Gasteiger partial charge in [0.1, 0.15) is 18.2 Å². The number of rotatable bonds is 5. The maximum atomic E-state index is 12.9. The summed E-state index contributed by atoms with van der Waals surface area (Å²) in [6.07, 6.45) is -4.62. The van der Waals surface area contributed by atoms with Crippen molar-refractivity contribution in [1.82, 2.24) is 19.8 Å². The van der Waals surface area contributed by atoms with Crippen molar-refractivity contribution >= 4 is 11.5 Å². The van der Waals surface area contributed by atoms with Gasteiger partial charge in [-0.3, -0.25) is 0 Å². The van der Waals surface area contributed by atoms with E-state index in [0.717, 1.165) is 11.3 Å². The summed E-state index contributed by atoms with van der Waals surface area (Å²) in [5.41, 5.74) is 1.11. The van der Waals surface area contributed by atoms with E-state index in [1.165, 1.54) is 6.07 Å². The fraction of sp³-hybridized carbons (Fsp3) is 0.312. The minimum absolute atomic E-state index is 0.0292. The maximum Gasteiger partial charge on any atom is 0.453 e. The number of aryl methyl sites for hydroxylation is 1. The molecule has 2 aromatic heterocycles. The van der Waals surface area contributed by atoms with Gasteiger partial charge in [0.15, 0.2) is 5.65 Å². The van der Waals surface area contributed by atoms with Gasteiger partial charge in [0.2, 0.25) is 0 Å². The number of nitrogens with one attached hydrogen (secondary N) is 1. The molecule has 0 fully saturated rings. The lowest BCUT2D eigenvalue weighted by Crippen LogP contribution is -2.24. The maximum absolute atomic E-state index is 12.9. The second-order valence-electron chi connectivity index (χ2n) is 5.68. The van der Waals surface area contributed by atoms with E-state index in [-0.39, 0.29) is 17.5 Å². The number of nitrogens with zero attached hydrogens (tertiary/aromatic N) is 4. The van der Waals surface area contributed by atoms with Gasteiger partial charge in [-0.05, 0) is 43.7 Å². The van der Waals surface area contributed by atoms with Crippen molar-refractivity contribution < 1.29 is 17.9 Å². The number of fused-ring (bicyclic) bond motifs is 1. The van der Waals surface area contributed by atoms with Crippen LogP contribution in [0.5, 0.6) is 5.75 Å². The zero-order chi connectivity index (χ0) is 18.0. The van der Waals surface area contributed by atoms with Crippen LogP contribution in [0.15, 0.2) is 36.4 Å². The van der Waals surface area contributed by atoms with Crippen LogP contribution in [-0.2, 0) is 6.18 Å². The zero-order valence-corrected chi connectivity index (χ0v) is 13.6. The van der Waals surface area contributed by atoms with E-state index >= 15 is 0 Å². The number of benzene rings is 1. The molecule has 0 saturated heterocycles. The predicted molar refractivity (Wildman–Crippen MR) is 85.5 cm³/mol. The quantitative estimate of drug-likeness (QED) is 0.764. The molecule has 0 aliphatic carbocycles. The first kappa shape index (κ1) is 17.0. The molecule has 0 spiro atoms. The highest BCUT2D eigenvalue weighted by atomic mass is 19.4. The minimum atomic E-state index is -4.62. The number of hydrogen-bond donors (Lipinski definition) is 1. The summed E-state index contributed by atoms with van der Waals surface area (Å²) in [4.78, 5) is 0. The molecule has 25 heavy (non-hydrogen) atoms. The van der Waals surface area contributed by atoms with Crippen LogP contribution in [0.3, 0.4) is 0 Å². The Balaban J connectivity index is 1.69. The number of aromatic nitrogens is 4. The first-order valence-electron chi connectivity index (χ1n) is 7.58. The van der Waals surface area contributed by atoms with Crippen LogP contribution in [0, 0.1) is 6.92 Å². The molecule has 0 saturated carbocycles. The smallest absolute Gasteiger partial charge is 0.453 e. The Morgan fingerprint density at radius 2 is 2.00 bits per heavy atom. The summed E-state index contributed by atoms with van der Waals surface area (Å²) < 4.78 is 45.0. The molecule has 2 heterocycles. The molecule has 0 aliphatic heterocycles. The van der Waals surface area contributed by atoms with Crippen LogP contribution in [-0.4, -0.2) is 32.5 Å². The van der Waals surface area contributed by atoms with E-state index in [4.69, 9.17) is 4.74 Å². The molecule has 0 aliphatic rings. The number of halogens is 3. The Kier molecular flexibility index (Phi) is 4.47. The molecule has 3 aromatic rings. The first-order valence-corrected chi connectivity index (χ1v) is 7.58. The van der Waals surface area contributed by atoms with Crippen LogP contribution < -0.4 is 10.1 Å². The molecule has 0 bridgehead atoms. The lowest BCUT2D eigenvalue weighted by atomic mass is 10.2. The Hall–Kier alpha value is -2.84. The van der Waals surface area contributed by atoms with Crippen molar-refractivity contribution in [2.24, 2.45) is 0 Å². The highest BCUT2D eigenvalue weighted by Gasteiger charge is 2.37. The molecule has 0 radical (unpaired) electrons. The van der Waals surface area contributed by atoms with E-state index < -0.39 is 12.0 Å². The second-order valence-corrected chi connectivity index (χ2v) is 5.68. The average Bonchev–Trinajstić information content (AvgIpc) is 2.96. The monoisotopic (exact) mass is 351 g/mol. The lowest BCUT2D eigenvalue weighted by molar-refractivity contribution is -0.146. The topological polar surface area (TPSA) is 64.3 Å². The minimum Gasteiger partial charge on any atom is -0.491 e. The molecular formula is C16H16F3N5O. The second kappa shape index (κ2) is 6.58. The summed E-state index contributed by atoms with van der Waals surface area (Å²) in [5.74, 6) is -0.150. The standard InChI is InChI=1S/C16H16F3N5O/c1-10-4-3-5-12(8-10)25-9-11(2)20-13-6-7-14-21-22-15(16(17,18)19)24(14)23-13/h3-8,11H,9H2,1-2H3,(H,20,23). The summed E-state index contributed by atoms with van der Waals surface area (Å²) in [5, 5.41) is 13.5. The van der Waals surface area contributed by atoms with Crippen molar-refractivity contribution in [2.75, 3.05) is 11.9 Å². The summed E-state index contributed by atoms with van der Waals surface area (Å²) in [6.45, 7) is 4.14. The number of anilines is 1. The summed E-state index contributed by atoms with van der Waals surface area (Å²) in [6, 6.07) is 10.4. The van der Waals surface area contributed by atoms with E-state index in [9.17, 15) is 13.2 Å². The third kappa shape index (κ3) is 3.98. The lowest BCUT2D eigenvalue weighted by Gasteiger charge is -2.16.